The fourth-order valence-corrected chi connectivity index (χ4v) is 1.09. The van der Waals surface area contributed by atoms with E-state index in [1.165, 1.54) is 6.33 Å². The van der Waals surface area contributed by atoms with Crippen molar-refractivity contribution in [3.8, 4) is 0 Å². The Bertz CT molecular complexity index is 482. The number of aromatic amines is 2. The van der Waals surface area contributed by atoms with E-state index >= 15 is 0 Å². The van der Waals surface area contributed by atoms with Gasteiger partial charge in [0.1, 0.15) is 5.52 Å². The number of nitrogens with one attached hydrogen (secondary N) is 3. The van der Waals surface area contributed by atoms with Gasteiger partial charge in [-0.3, -0.25) is 0 Å². The summed E-state index contributed by atoms with van der Waals surface area (Å²) in [6.45, 7) is 0. The Balaban J connectivity index is 2.92. The van der Waals surface area contributed by atoms with Crippen molar-refractivity contribution in [1.82, 2.24) is 19.9 Å². The van der Waals surface area contributed by atoms with Gasteiger partial charge in [-0.25, -0.2) is 10.5 Å². The van der Waals surface area contributed by atoms with E-state index in [1.54, 1.807) is 0 Å². The molecule has 0 fully saturated rings. The van der Waals surface area contributed by atoms with Gasteiger partial charge in [0.25, 0.3) is 0 Å². The largest absolute Gasteiger partial charge is 0.329 e. The standard InChI is InChI=1S/C5H4N6S/c6-11-5-9-2-3(10-5)7-1-8-4(2)12/h1,6H,(H2,7,8,9,10,12). The van der Waals surface area contributed by atoms with Crippen LogP contribution in [0.15, 0.2) is 11.4 Å². The van der Waals surface area contributed by atoms with Crippen LogP contribution in [0.3, 0.4) is 0 Å². The molecule has 0 aromatic carbocycles. The number of H-pyrrole nitrogens is 2. The molecular weight excluding hydrogens is 176 g/mol. The molecule has 2 rings (SSSR count). The smallest absolute Gasteiger partial charge is 0.248 e. The Hall–Kier alpha value is -1.63. The molecule has 0 aliphatic carbocycles. The quantitative estimate of drug-likeness (QED) is 0.460. The third-order valence-corrected chi connectivity index (χ3v) is 1.70. The Morgan fingerprint density at radius 3 is 3.08 bits per heavy atom. The molecule has 0 aliphatic heterocycles. The lowest BCUT2D eigenvalue weighted by Gasteiger charge is -1.84. The van der Waals surface area contributed by atoms with Crippen molar-refractivity contribution >= 4 is 29.3 Å². The highest BCUT2D eigenvalue weighted by Crippen LogP contribution is 2.12. The second-order valence-electron chi connectivity index (χ2n) is 2.10. The zero-order valence-corrected chi connectivity index (χ0v) is 6.64. The molecule has 0 atom stereocenters. The minimum atomic E-state index is 0.223. The average Bonchev–Trinajstić information content (AvgIpc) is 2.49. The van der Waals surface area contributed by atoms with Crippen LogP contribution in [0, 0.1) is 10.2 Å². The van der Waals surface area contributed by atoms with Crippen LogP contribution in [0.2, 0.25) is 0 Å². The number of imidazole rings is 1. The molecule has 0 saturated carbocycles. The van der Waals surface area contributed by atoms with E-state index in [-0.39, 0.29) is 5.95 Å². The van der Waals surface area contributed by atoms with E-state index in [2.05, 4.69) is 25.1 Å². The van der Waals surface area contributed by atoms with Crippen LogP contribution >= 0.6 is 12.2 Å². The number of hydrogen-bond acceptors (Lipinski definition) is 5. The lowest BCUT2D eigenvalue weighted by molar-refractivity contribution is 1.07. The number of nitrogens with zero attached hydrogens (tertiary/aromatic N) is 3. The molecule has 0 aliphatic rings. The summed E-state index contributed by atoms with van der Waals surface area (Å²) in [6.07, 6.45) is 1.46. The fraction of sp³-hybridized carbons (Fsp3) is 0. The van der Waals surface area contributed by atoms with Crippen LogP contribution in [0.25, 0.3) is 11.2 Å². The Morgan fingerprint density at radius 1 is 1.58 bits per heavy atom. The van der Waals surface area contributed by atoms with E-state index in [0.717, 1.165) is 0 Å². The van der Waals surface area contributed by atoms with Crippen molar-refractivity contribution in [3.63, 3.8) is 0 Å². The van der Waals surface area contributed by atoms with Gasteiger partial charge in [-0.2, -0.15) is 4.98 Å². The van der Waals surface area contributed by atoms with E-state index in [4.69, 9.17) is 17.7 Å². The number of fused-ring (bicyclic) bond motifs is 1. The van der Waals surface area contributed by atoms with Gasteiger partial charge in [0, 0.05) is 0 Å². The molecule has 2 aromatic heterocycles. The molecule has 7 heteroatoms. The van der Waals surface area contributed by atoms with E-state index in [9.17, 15) is 0 Å². The maximum Gasteiger partial charge on any atom is 0.248 e. The molecule has 3 N–H and O–H groups in total. The Morgan fingerprint density at radius 2 is 2.42 bits per heavy atom. The molecular formula is C5H4N6S. The highest BCUT2D eigenvalue weighted by molar-refractivity contribution is 7.71. The van der Waals surface area contributed by atoms with Gasteiger partial charge >= 0.3 is 0 Å². The third kappa shape index (κ3) is 0.909. The molecule has 0 amide bonds. The first-order valence-corrected chi connectivity index (χ1v) is 3.53. The minimum Gasteiger partial charge on any atom is -0.329 e. The summed E-state index contributed by atoms with van der Waals surface area (Å²) in [5.74, 6) is 0.223. The fourth-order valence-electron chi connectivity index (χ4n) is 0.890. The van der Waals surface area contributed by atoms with Gasteiger partial charge in [-0.15, -0.1) is 5.11 Å². The van der Waals surface area contributed by atoms with Crippen LogP contribution in [-0.4, -0.2) is 19.9 Å². The number of hydrogen-bond donors (Lipinski definition) is 3. The predicted octanol–water partition coefficient (Wildman–Crippen LogP) is 1.68. The van der Waals surface area contributed by atoms with Crippen LogP contribution in [0.5, 0.6) is 0 Å². The van der Waals surface area contributed by atoms with Crippen molar-refractivity contribution in [1.29, 1.82) is 5.53 Å². The van der Waals surface area contributed by atoms with E-state index in [1.807, 2.05) is 0 Å². The van der Waals surface area contributed by atoms with Crippen molar-refractivity contribution in [2.75, 3.05) is 0 Å². The monoisotopic (exact) mass is 180 g/mol. The van der Waals surface area contributed by atoms with Crippen molar-refractivity contribution < 1.29 is 0 Å². The summed E-state index contributed by atoms with van der Waals surface area (Å²) in [6, 6.07) is 0. The topological polar surface area (TPSA) is 93.6 Å². The van der Waals surface area contributed by atoms with Crippen LogP contribution in [-0.2, 0) is 0 Å². The van der Waals surface area contributed by atoms with Crippen molar-refractivity contribution in [2.24, 2.45) is 5.11 Å². The van der Waals surface area contributed by atoms with Crippen LogP contribution in [0.1, 0.15) is 0 Å². The zero-order valence-electron chi connectivity index (χ0n) is 5.83. The van der Waals surface area contributed by atoms with Gasteiger partial charge < -0.3 is 9.97 Å². The summed E-state index contributed by atoms with van der Waals surface area (Å²) in [5, 5.41) is 3.14. The lowest BCUT2D eigenvalue weighted by atomic mass is 10.6. The Labute approximate surface area is 71.6 Å². The van der Waals surface area contributed by atoms with Gasteiger partial charge in [-0.05, 0) is 0 Å². The summed E-state index contributed by atoms with van der Waals surface area (Å²) in [4.78, 5) is 13.3. The highest BCUT2D eigenvalue weighted by Gasteiger charge is 2.02. The predicted molar refractivity (Wildman–Crippen MR) is 43.9 cm³/mol. The maximum absolute atomic E-state index is 6.71. The third-order valence-electron chi connectivity index (χ3n) is 1.39. The van der Waals surface area contributed by atoms with Gasteiger partial charge in [0.15, 0.2) is 10.3 Å². The molecule has 0 saturated heterocycles. The highest BCUT2D eigenvalue weighted by atomic mass is 32.1. The first-order valence-electron chi connectivity index (χ1n) is 3.12. The SMILES string of the molecule is N=Nc1nc2[nH]cnc(=S)c2[nH]1. The summed E-state index contributed by atoms with van der Waals surface area (Å²) < 4.78 is 0.422. The number of rotatable bonds is 1. The lowest BCUT2D eigenvalue weighted by Crippen LogP contribution is -1.80. The first-order chi connectivity index (χ1) is 5.81. The second kappa shape index (κ2) is 2.45. The molecule has 2 heterocycles. The molecule has 0 bridgehead atoms. The molecule has 60 valence electrons. The summed E-state index contributed by atoms with van der Waals surface area (Å²) >= 11 is 4.91. The maximum atomic E-state index is 6.71. The van der Waals surface area contributed by atoms with E-state index in [0.29, 0.717) is 15.8 Å². The van der Waals surface area contributed by atoms with Gasteiger partial charge in [0.05, 0.1) is 6.33 Å². The minimum absolute atomic E-state index is 0.223. The summed E-state index contributed by atoms with van der Waals surface area (Å²) in [5.41, 5.74) is 7.89. The molecule has 2 aromatic rings. The van der Waals surface area contributed by atoms with Crippen LogP contribution in [0.4, 0.5) is 5.95 Å². The van der Waals surface area contributed by atoms with Gasteiger partial charge in [-0.1, -0.05) is 12.2 Å². The Kier molecular flexibility index (Phi) is 1.44. The van der Waals surface area contributed by atoms with Crippen molar-refractivity contribution in [2.45, 2.75) is 0 Å². The van der Waals surface area contributed by atoms with Crippen molar-refractivity contribution in [3.05, 3.63) is 11.0 Å². The molecule has 0 radical (unpaired) electrons. The molecule has 0 spiro atoms. The van der Waals surface area contributed by atoms with Crippen LogP contribution < -0.4 is 0 Å². The average molecular weight is 180 g/mol. The van der Waals surface area contributed by atoms with Gasteiger partial charge in [0.2, 0.25) is 5.95 Å². The van der Waals surface area contributed by atoms with E-state index < -0.39 is 0 Å². The molecule has 12 heavy (non-hydrogen) atoms. The molecule has 0 unspecified atom stereocenters. The zero-order chi connectivity index (χ0) is 8.55. The summed E-state index contributed by atoms with van der Waals surface area (Å²) in [7, 11) is 0. The second-order valence-corrected chi connectivity index (χ2v) is 2.49. The number of aromatic nitrogens is 4. The molecule has 6 nitrogen and oxygen atoms in total. The first kappa shape index (κ1) is 7.04. The normalized spacial score (nSPS) is 10.3.